The summed E-state index contributed by atoms with van der Waals surface area (Å²) in [5.41, 5.74) is 1.33. The maximum Gasteiger partial charge on any atom is 0.237 e. The number of nitriles is 1. The van der Waals surface area contributed by atoms with Gasteiger partial charge in [-0.25, -0.2) is 0 Å². The quantitative estimate of drug-likeness (QED) is 0.845. The fourth-order valence-electron chi connectivity index (χ4n) is 3.52. The number of halogens is 2. The Kier molecular flexibility index (Phi) is 9.23. The van der Waals surface area contributed by atoms with Crippen LogP contribution in [0.2, 0.25) is 0 Å². The first-order valence-corrected chi connectivity index (χ1v) is 8.45. The summed E-state index contributed by atoms with van der Waals surface area (Å²) in [6.45, 7) is 4.08. The van der Waals surface area contributed by atoms with E-state index in [1.54, 1.807) is 4.90 Å². The highest BCUT2D eigenvalue weighted by Gasteiger charge is 2.29. The molecular formula is C18H26Cl2N4O. The van der Waals surface area contributed by atoms with Crippen LogP contribution in [0, 0.1) is 11.3 Å². The lowest BCUT2D eigenvalue weighted by Gasteiger charge is -2.21. The summed E-state index contributed by atoms with van der Waals surface area (Å²) in [6, 6.07) is 12.9. The average Bonchev–Trinajstić information content (AvgIpc) is 3.22. The van der Waals surface area contributed by atoms with E-state index in [0.717, 1.165) is 45.4 Å². The lowest BCUT2D eigenvalue weighted by atomic mass is 10.2. The molecule has 0 saturated carbocycles. The summed E-state index contributed by atoms with van der Waals surface area (Å²) in [4.78, 5) is 16.4. The zero-order valence-corrected chi connectivity index (χ0v) is 15.9. The number of nitrogens with one attached hydrogen (secondary N) is 1. The lowest BCUT2D eigenvalue weighted by Crippen LogP contribution is -2.44. The number of nitrogens with zero attached hydrogens (tertiary/aromatic N) is 3. The summed E-state index contributed by atoms with van der Waals surface area (Å²) in [5, 5.41) is 12.4. The molecule has 2 atom stereocenters. The normalized spacial score (nSPS) is 22.8. The molecule has 0 aliphatic carbocycles. The van der Waals surface area contributed by atoms with Gasteiger partial charge < -0.3 is 10.2 Å². The monoisotopic (exact) mass is 384 g/mol. The second-order valence-electron chi connectivity index (χ2n) is 6.46. The molecule has 2 aliphatic heterocycles. The minimum absolute atomic E-state index is 0. The second kappa shape index (κ2) is 10.6. The highest BCUT2D eigenvalue weighted by atomic mass is 35.5. The van der Waals surface area contributed by atoms with Gasteiger partial charge in [0.25, 0.3) is 0 Å². The van der Waals surface area contributed by atoms with E-state index in [2.05, 4.69) is 40.6 Å². The van der Waals surface area contributed by atoms with Gasteiger partial charge in [0.1, 0.15) is 6.04 Å². The van der Waals surface area contributed by atoms with Crippen LogP contribution in [0.1, 0.15) is 24.8 Å². The number of carbonyl (C=O) groups is 1. The molecule has 1 N–H and O–H groups in total. The third kappa shape index (κ3) is 5.86. The van der Waals surface area contributed by atoms with Crippen LogP contribution < -0.4 is 5.32 Å². The van der Waals surface area contributed by atoms with E-state index < -0.39 is 0 Å². The molecule has 138 valence electrons. The van der Waals surface area contributed by atoms with E-state index in [-0.39, 0.29) is 36.8 Å². The van der Waals surface area contributed by atoms with Crippen molar-refractivity contribution in [2.45, 2.75) is 37.9 Å². The fraction of sp³-hybridized carbons (Fsp3) is 0.556. The zero-order chi connectivity index (χ0) is 16.1. The number of carbonyl (C=O) groups excluding carboxylic acids is 1. The Morgan fingerprint density at radius 2 is 1.96 bits per heavy atom. The van der Waals surface area contributed by atoms with Crippen molar-refractivity contribution < 1.29 is 4.79 Å². The van der Waals surface area contributed by atoms with Gasteiger partial charge in [0, 0.05) is 32.2 Å². The molecule has 5 nitrogen and oxygen atoms in total. The average molecular weight is 385 g/mol. The molecule has 1 aromatic rings. The Labute approximate surface area is 162 Å². The molecule has 0 bridgehead atoms. The maximum absolute atomic E-state index is 12.2. The Morgan fingerprint density at radius 3 is 2.68 bits per heavy atom. The summed E-state index contributed by atoms with van der Waals surface area (Å²) in [5.74, 6) is 0.0653. The van der Waals surface area contributed by atoms with Crippen molar-refractivity contribution in [2.75, 3.05) is 26.2 Å². The highest BCUT2D eigenvalue weighted by molar-refractivity contribution is 5.85. The SMILES string of the molecule is Cl.Cl.N#C[C@@H]1CCCN1C(=O)CN[C@@H]1CCN(Cc2ccccc2)C1. The minimum atomic E-state index is -0.220. The standard InChI is InChI=1S/C18H24N4O.2ClH/c19-11-17-7-4-9-22(17)18(23)12-20-16-8-10-21(14-16)13-15-5-2-1-3-6-15;;/h1-3,5-6,16-17,20H,4,7-10,12-14H2;2*1H/t16-,17+;;/m1../s1. The van der Waals surface area contributed by atoms with Gasteiger partial charge in [-0.05, 0) is 24.8 Å². The minimum Gasteiger partial charge on any atom is -0.326 e. The van der Waals surface area contributed by atoms with Crippen molar-refractivity contribution in [3.63, 3.8) is 0 Å². The predicted octanol–water partition coefficient (Wildman–Crippen LogP) is 2.21. The van der Waals surface area contributed by atoms with Crippen LogP contribution in [0.3, 0.4) is 0 Å². The van der Waals surface area contributed by atoms with Crippen LogP contribution in [-0.4, -0.2) is 54.0 Å². The van der Waals surface area contributed by atoms with E-state index in [1.807, 2.05) is 6.07 Å². The predicted molar refractivity (Wildman–Crippen MR) is 103 cm³/mol. The molecule has 0 unspecified atom stereocenters. The molecule has 7 heteroatoms. The molecule has 2 heterocycles. The number of benzene rings is 1. The van der Waals surface area contributed by atoms with E-state index in [9.17, 15) is 4.79 Å². The van der Waals surface area contributed by atoms with E-state index in [4.69, 9.17) is 5.26 Å². The molecule has 2 aliphatic rings. The molecule has 2 fully saturated rings. The Morgan fingerprint density at radius 1 is 1.20 bits per heavy atom. The maximum atomic E-state index is 12.2. The van der Waals surface area contributed by atoms with Crippen molar-refractivity contribution in [1.29, 1.82) is 5.26 Å². The summed E-state index contributed by atoms with van der Waals surface area (Å²) >= 11 is 0. The first-order valence-electron chi connectivity index (χ1n) is 8.45. The van der Waals surface area contributed by atoms with Gasteiger partial charge in [0.2, 0.25) is 5.91 Å². The zero-order valence-electron chi connectivity index (χ0n) is 14.3. The van der Waals surface area contributed by atoms with Crippen molar-refractivity contribution in [2.24, 2.45) is 0 Å². The molecule has 0 radical (unpaired) electrons. The fourth-order valence-corrected chi connectivity index (χ4v) is 3.52. The number of rotatable bonds is 5. The van der Waals surface area contributed by atoms with Crippen LogP contribution in [0.25, 0.3) is 0 Å². The van der Waals surface area contributed by atoms with Gasteiger partial charge in [-0.2, -0.15) is 5.26 Å². The van der Waals surface area contributed by atoms with Crippen LogP contribution in [0.5, 0.6) is 0 Å². The third-order valence-corrected chi connectivity index (χ3v) is 4.79. The molecule has 0 spiro atoms. The Balaban J connectivity index is 0.00000156. The molecule has 3 rings (SSSR count). The summed E-state index contributed by atoms with van der Waals surface area (Å²) < 4.78 is 0. The molecule has 25 heavy (non-hydrogen) atoms. The first-order chi connectivity index (χ1) is 11.3. The van der Waals surface area contributed by atoms with Crippen LogP contribution >= 0.6 is 24.8 Å². The smallest absolute Gasteiger partial charge is 0.237 e. The summed E-state index contributed by atoms with van der Waals surface area (Å²) in [6.07, 6.45) is 2.83. The van der Waals surface area contributed by atoms with Gasteiger partial charge in [-0.15, -0.1) is 24.8 Å². The van der Waals surface area contributed by atoms with Crippen LogP contribution in [0.4, 0.5) is 0 Å². The number of hydrogen-bond donors (Lipinski definition) is 1. The van der Waals surface area contributed by atoms with Crippen molar-refractivity contribution >= 4 is 30.7 Å². The van der Waals surface area contributed by atoms with E-state index in [0.29, 0.717) is 12.6 Å². The van der Waals surface area contributed by atoms with Crippen LogP contribution in [0.15, 0.2) is 30.3 Å². The van der Waals surface area contributed by atoms with Gasteiger partial charge >= 0.3 is 0 Å². The highest BCUT2D eigenvalue weighted by Crippen LogP contribution is 2.17. The van der Waals surface area contributed by atoms with Crippen molar-refractivity contribution in [1.82, 2.24) is 15.1 Å². The molecule has 2 saturated heterocycles. The largest absolute Gasteiger partial charge is 0.326 e. The molecule has 1 amide bonds. The van der Waals surface area contributed by atoms with Gasteiger partial charge in [-0.3, -0.25) is 9.69 Å². The van der Waals surface area contributed by atoms with Crippen LogP contribution in [-0.2, 0) is 11.3 Å². The van der Waals surface area contributed by atoms with Gasteiger partial charge in [0.15, 0.2) is 0 Å². The first kappa shape index (κ1) is 21.7. The molecular weight excluding hydrogens is 359 g/mol. The second-order valence-corrected chi connectivity index (χ2v) is 6.46. The third-order valence-electron chi connectivity index (χ3n) is 4.79. The number of likely N-dealkylation sites (tertiary alicyclic amines) is 2. The van der Waals surface area contributed by atoms with E-state index >= 15 is 0 Å². The Bertz CT molecular complexity index is 578. The number of hydrogen-bond acceptors (Lipinski definition) is 4. The Hall–Kier alpha value is -1.32. The van der Waals surface area contributed by atoms with Crippen molar-refractivity contribution in [3.8, 4) is 6.07 Å². The lowest BCUT2D eigenvalue weighted by molar-refractivity contribution is -0.130. The molecule has 1 aromatic carbocycles. The topological polar surface area (TPSA) is 59.4 Å². The van der Waals surface area contributed by atoms with Crippen molar-refractivity contribution in [3.05, 3.63) is 35.9 Å². The summed E-state index contributed by atoms with van der Waals surface area (Å²) in [7, 11) is 0. The number of amides is 1. The van der Waals surface area contributed by atoms with E-state index in [1.165, 1.54) is 5.56 Å². The van der Waals surface area contributed by atoms with Gasteiger partial charge in [0.05, 0.1) is 12.6 Å². The van der Waals surface area contributed by atoms with Gasteiger partial charge in [-0.1, -0.05) is 30.3 Å². The molecule has 0 aromatic heterocycles.